The minimum Gasteiger partial charge on any atom is -0.475 e. The number of ketones is 2. The van der Waals surface area contributed by atoms with E-state index in [4.69, 9.17) is 14.2 Å². The highest BCUT2D eigenvalue weighted by Gasteiger charge is 2.54. The third-order valence-corrected chi connectivity index (χ3v) is 9.17. The molecule has 1 saturated heterocycles. The largest absolute Gasteiger partial charge is 0.475 e. The molecule has 1 aliphatic carbocycles. The molecule has 8 nitrogen and oxygen atoms in total. The van der Waals surface area contributed by atoms with Gasteiger partial charge in [0.2, 0.25) is 5.88 Å². The number of Topliss-reactive ketones (excluding diaryl/α,β-unsaturated/α-hetero) is 2. The fraction of sp³-hybridized carbons (Fsp3) is 0.353. The summed E-state index contributed by atoms with van der Waals surface area (Å²) in [6.07, 6.45) is 4.05. The van der Waals surface area contributed by atoms with Gasteiger partial charge >= 0.3 is 0 Å². The Hall–Kier alpha value is -3.80. The molecule has 0 N–H and O–H groups in total. The number of carbonyl (C=O) groups is 2. The molecule has 0 unspecified atom stereocenters. The summed E-state index contributed by atoms with van der Waals surface area (Å²) in [4.78, 5) is 37.3. The zero-order chi connectivity index (χ0) is 31.6. The topological polar surface area (TPSA) is 90.9 Å². The van der Waals surface area contributed by atoms with E-state index in [0.29, 0.717) is 76.8 Å². The third kappa shape index (κ3) is 6.90. The van der Waals surface area contributed by atoms with Crippen LogP contribution in [-0.2, 0) is 27.2 Å². The molecule has 2 aromatic carbocycles. The first-order valence-corrected chi connectivity index (χ1v) is 15.7. The summed E-state index contributed by atoms with van der Waals surface area (Å²) in [6.45, 7) is 5.57. The quantitative estimate of drug-likeness (QED) is 0.162. The molecule has 0 amide bonds. The van der Waals surface area contributed by atoms with Crippen LogP contribution in [0, 0.1) is 17.0 Å². The third-order valence-electron chi connectivity index (χ3n) is 8.46. The van der Waals surface area contributed by atoms with Crippen LogP contribution in [-0.4, -0.2) is 65.4 Å². The standard InChI is InChI=1S/C34H32BrF2N3O5/c1-21-20-43-14-12-40(21)13-15-44-33-31(35)32-25(19-39-33)27(8-11-38-32)45-28-7-4-23(16-26(28)37)18-30(42)34(9-10-34)29(41)17-22-2-5-24(36)6-3-22/h2-8,11,16,19,21H,9-10,12-15,17-18,20H2,1H3/t21-/m0/s1. The van der Waals surface area contributed by atoms with E-state index in [9.17, 15) is 14.0 Å². The van der Waals surface area contributed by atoms with Gasteiger partial charge in [0.1, 0.15) is 22.6 Å². The number of pyridine rings is 2. The molecule has 4 aromatic rings. The van der Waals surface area contributed by atoms with Crippen LogP contribution in [0.15, 0.2) is 65.4 Å². The second-order valence-electron chi connectivity index (χ2n) is 11.5. The maximum Gasteiger partial charge on any atom is 0.230 e. The van der Waals surface area contributed by atoms with Crippen molar-refractivity contribution >= 4 is 38.4 Å². The van der Waals surface area contributed by atoms with Crippen molar-refractivity contribution in [1.29, 1.82) is 0 Å². The van der Waals surface area contributed by atoms with E-state index in [1.165, 1.54) is 24.3 Å². The summed E-state index contributed by atoms with van der Waals surface area (Å²) >= 11 is 3.55. The molecule has 234 valence electrons. The lowest BCUT2D eigenvalue weighted by atomic mass is 9.88. The van der Waals surface area contributed by atoms with Crippen LogP contribution in [0.3, 0.4) is 0 Å². The molecule has 2 aliphatic rings. The minimum atomic E-state index is -1.06. The van der Waals surface area contributed by atoms with Gasteiger partial charge in [-0.05, 0) is 77.2 Å². The maximum atomic E-state index is 15.2. The molecule has 1 aliphatic heterocycles. The lowest BCUT2D eigenvalue weighted by Gasteiger charge is -2.32. The molecule has 1 saturated carbocycles. The molecule has 45 heavy (non-hydrogen) atoms. The lowest BCUT2D eigenvalue weighted by molar-refractivity contribution is -0.133. The molecule has 2 aromatic heterocycles. The second-order valence-corrected chi connectivity index (χ2v) is 12.3. The number of benzene rings is 2. The number of nitrogens with zero attached hydrogens (tertiary/aromatic N) is 3. The molecular formula is C34H32BrF2N3O5. The van der Waals surface area contributed by atoms with Crippen molar-refractivity contribution < 1.29 is 32.6 Å². The highest BCUT2D eigenvalue weighted by molar-refractivity contribution is 9.10. The molecule has 1 atom stereocenters. The Morgan fingerprint density at radius 3 is 2.47 bits per heavy atom. The molecular weight excluding hydrogens is 648 g/mol. The Morgan fingerprint density at radius 1 is 1.02 bits per heavy atom. The fourth-order valence-electron chi connectivity index (χ4n) is 5.58. The molecule has 3 heterocycles. The second kappa shape index (κ2) is 13.3. The van der Waals surface area contributed by atoms with Crippen LogP contribution in [0.5, 0.6) is 17.4 Å². The number of aromatic nitrogens is 2. The smallest absolute Gasteiger partial charge is 0.230 e. The van der Waals surface area contributed by atoms with Gasteiger partial charge in [0.25, 0.3) is 0 Å². The van der Waals surface area contributed by atoms with Crippen LogP contribution in [0.1, 0.15) is 30.9 Å². The summed E-state index contributed by atoms with van der Waals surface area (Å²) in [5.41, 5.74) is 0.601. The monoisotopic (exact) mass is 679 g/mol. The highest BCUT2D eigenvalue weighted by atomic mass is 79.9. The first-order chi connectivity index (χ1) is 21.7. The van der Waals surface area contributed by atoms with Crippen molar-refractivity contribution in [1.82, 2.24) is 14.9 Å². The number of fused-ring (bicyclic) bond motifs is 1. The van der Waals surface area contributed by atoms with E-state index >= 15 is 4.39 Å². The Balaban J connectivity index is 1.10. The van der Waals surface area contributed by atoms with Gasteiger partial charge in [-0.1, -0.05) is 18.2 Å². The van der Waals surface area contributed by atoms with Gasteiger partial charge in [0.15, 0.2) is 23.1 Å². The number of hydrogen-bond acceptors (Lipinski definition) is 8. The van der Waals surface area contributed by atoms with Gasteiger partial charge in [-0.15, -0.1) is 0 Å². The average molecular weight is 681 g/mol. The predicted octanol–water partition coefficient (Wildman–Crippen LogP) is 6.27. The van der Waals surface area contributed by atoms with E-state index in [-0.39, 0.29) is 36.0 Å². The van der Waals surface area contributed by atoms with E-state index in [1.807, 2.05) is 0 Å². The fourth-order valence-corrected chi connectivity index (χ4v) is 6.12. The SMILES string of the molecule is C[C@H]1COCCN1CCOc1ncc2c(Oc3ccc(CC(=O)C4(C(=O)Cc5ccc(F)cc5)CC4)cc3F)ccnc2c1Br. The Morgan fingerprint density at radius 2 is 1.76 bits per heavy atom. The molecule has 2 fully saturated rings. The van der Waals surface area contributed by atoms with Gasteiger partial charge in [-0.3, -0.25) is 19.5 Å². The van der Waals surface area contributed by atoms with E-state index in [1.54, 1.807) is 36.7 Å². The normalized spacial score (nSPS) is 17.6. The molecule has 11 heteroatoms. The van der Waals surface area contributed by atoms with E-state index in [0.717, 1.165) is 13.1 Å². The van der Waals surface area contributed by atoms with Crippen molar-refractivity contribution in [3.63, 3.8) is 0 Å². The van der Waals surface area contributed by atoms with Crippen LogP contribution in [0.2, 0.25) is 0 Å². The Bertz CT molecular complexity index is 1730. The average Bonchev–Trinajstić information content (AvgIpc) is 3.85. The molecule has 0 spiro atoms. The van der Waals surface area contributed by atoms with Crippen molar-refractivity contribution in [2.24, 2.45) is 5.41 Å². The number of morpholine rings is 1. The maximum absolute atomic E-state index is 15.2. The summed E-state index contributed by atoms with van der Waals surface area (Å²) in [5, 5.41) is 0.563. The van der Waals surface area contributed by atoms with Crippen molar-refractivity contribution in [2.45, 2.75) is 38.6 Å². The predicted molar refractivity (Wildman–Crippen MR) is 167 cm³/mol. The zero-order valence-electron chi connectivity index (χ0n) is 24.7. The van der Waals surface area contributed by atoms with Gasteiger partial charge in [0, 0.05) is 44.4 Å². The van der Waals surface area contributed by atoms with Crippen molar-refractivity contribution in [3.05, 3.63) is 88.2 Å². The van der Waals surface area contributed by atoms with Gasteiger partial charge in [-0.2, -0.15) is 0 Å². The summed E-state index contributed by atoms with van der Waals surface area (Å²) in [5.74, 6) is -0.727. The van der Waals surface area contributed by atoms with Gasteiger partial charge in [0.05, 0.1) is 29.5 Å². The minimum absolute atomic E-state index is 0.0247. The first kappa shape index (κ1) is 31.2. The highest BCUT2D eigenvalue weighted by Crippen LogP contribution is 2.49. The van der Waals surface area contributed by atoms with Gasteiger partial charge < -0.3 is 14.2 Å². The van der Waals surface area contributed by atoms with Gasteiger partial charge in [-0.25, -0.2) is 13.8 Å². The number of rotatable bonds is 12. The van der Waals surface area contributed by atoms with Crippen molar-refractivity contribution in [3.8, 4) is 17.4 Å². The summed E-state index contributed by atoms with van der Waals surface area (Å²) < 4.78 is 46.4. The number of halogens is 3. The van der Waals surface area contributed by atoms with Crippen molar-refractivity contribution in [2.75, 3.05) is 32.9 Å². The number of carbonyl (C=O) groups excluding carboxylic acids is 2. The molecule has 6 rings (SSSR count). The summed E-state index contributed by atoms with van der Waals surface area (Å²) in [7, 11) is 0. The van der Waals surface area contributed by atoms with Crippen LogP contribution in [0.25, 0.3) is 10.9 Å². The first-order valence-electron chi connectivity index (χ1n) is 14.9. The van der Waals surface area contributed by atoms with E-state index < -0.39 is 11.2 Å². The Kier molecular flexibility index (Phi) is 9.21. The molecule has 0 bridgehead atoms. The zero-order valence-corrected chi connectivity index (χ0v) is 26.3. The molecule has 0 radical (unpaired) electrons. The number of ether oxygens (including phenoxy) is 3. The van der Waals surface area contributed by atoms with E-state index in [2.05, 4.69) is 37.7 Å². The van der Waals surface area contributed by atoms with Crippen LogP contribution in [0.4, 0.5) is 8.78 Å². The van der Waals surface area contributed by atoms with Crippen LogP contribution < -0.4 is 9.47 Å². The Labute approximate surface area is 267 Å². The van der Waals surface area contributed by atoms with Crippen LogP contribution >= 0.6 is 15.9 Å². The lowest BCUT2D eigenvalue weighted by Crippen LogP contribution is -2.45. The number of hydrogen-bond donors (Lipinski definition) is 0. The summed E-state index contributed by atoms with van der Waals surface area (Å²) in [6, 6.07) is 12.0.